The van der Waals surface area contributed by atoms with Gasteiger partial charge >= 0.3 is 6.09 Å². The third-order valence-electron chi connectivity index (χ3n) is 4.59. The van der Waals surface area contributed by atoms with Gasteiger partial charge in [0, 0.05) is 18.6 Å². The van der Waals surface area contributed by atoms with Crippen LogP contribution in [0.4, 0.5) is 4.79 Å². The summed E-state index contributed by atoms with van der Waals surface area (Å²) in [6.07, 6.45) is 0.956. The number of aliphatic hydroxyl groups excluding tert-OH is 1. The van der Waals surface area contributed by atoms with E-state index in [1.807, 2.05) is 0 Å². The second-order valence-corrected chi connectivity index (χ2v) is 5.37. The van der Waals surface area contributed by atoms with Crippen LogP contribution in [-0.4, -0.2) is 51.8 Å². The van der Waals surface area contributed by atoms with Gasteiger partial charge in [-0.05, 0) is 25.7 Å². The van der Waals surface area contributed by atoms with E-state index >= 15 is 0 Å². The minimum absolute atomic E-state index is 0.105. The number of carboxylic acid groups (broad SMARTS) is 1. The maximum atomic E-state index is 11.9. The molecule has 3 unspecified atom stereocenters. The first-order chi connectivity index (χ1) is 8.04. The molecule has 0 radical (unpaired) electrons. The lowest BCUT2D eigenvalue weighted by molar-refractivity contribution is -0.136. The van der Waals surface area contributed by atoms with Crippen LogP contribution in [0.2, 0.25) is 0 Å². The van der Waals surface area contributed by atoms with Crippen molar-refractivity contribution in [3.8, 4) is 0 Å². The van der Waals surface area contributed by atoms with Crippen LogP contribution in [0.15, 0.2) is 0 Å². The Labute approximate surface area is 98.6 Å². The van der Waals surface area contributed by atoms with Crippen molar-refractivity contribution in [3.63, 3.8) is 0 Å². The quantitative estimate of drug-likeness (QED) is 0.545. The number of carbonyl (C=O) groups excluding carboxylic acids is 1. The standard InChI is InChI=1S/C11H16N2O4/c14-8-5-12-9(15)11(8)3-6-1-2-7(4-11)13(6)10(16)17/h6-8,14H,1-5H2,(H,12,15)(H,16,17). The summed E-state index contributed by atoms with van der Waals surface area (Å²) in [5.41, 5.74) is -0.738. The molecule has 0 aromatic rings. The lowest BCUT2D eigenvalue weighted by Gasteiger charge is -2.43. The molecule has 3 heterocycles. The predicted molar refractivity (Wildman–Crippen MR) is 57.4 cm³/mol. The van der Waals surface area contributed by atoms with Gasteiger partial charge in [0.15, 0.2) is 0 Å². The first-order valence-electron chi connectivity index (χ1n) is 6.02. The first kappa shape index (κ1) is 10.8. The monoisotopic (exact) mass is 240 g/mol. The number of hydrogen-bond acceptors (Lipinski definition) is 3. The van der Waals surface area contributed by atoms with Gasteiger partial charge in [-0.2, -0.15) is 0 Å². The molecule has 3 aliphatic rings. The zero-order valence-electron chi connectivity index (χ0n) is 9.43. The maximum absolute atomic E-state index is 11.9. The number of fused-ring (bicyclic) bond motifs is 2. The smallest absolute Gasteiger partial charge is 0.407 e. The lowest BCUT2D eigenvalue weighted by atomic mass is 9.72. The molecule has 3 N–H and O–H groups in total. The Morgan fingerprint density at radius 1 is 1.35 bits per heavy atom. The molecule has 3 rings (SSSR count). The average Bonchev–Trinajstić information content (AvgIpc) is 2.69. The lowest BCUT2D eigenvalue weighted by Crippen LogP contribution is -2.54. The Kier molecular flexibility index (Phi) is 2.13. The maximum Gasteiger partial charge on any atom is 0.407 e. The van der Waals surface area contributed by atoms with Crippen molar-refractivity contribution >= 4 is 12.0 Å². The number of rotatable bonds is 0. The van der Waals surface area contributed by atoms with E-state index in [0.717, 1.165) is 12.8 Å². The number of carbonyl (C=O) groups is 2. The highest BCUT2D eigenvalue weighted by molar-refractivity contribution is 5.86. The van der Waals surface area contributed by atoms with Crippen molar-refractivity contribution in [1.29, 1.82) is 0 Å². The van der Waals surface area contributed by atoms with Crippen molar-refractivity contribution in [3.05, 3.63) is 0 Å². The van der Waals surface area contributed by atoms with Gasteiger partial charge in [-0.3, -0.25) is 4.79 Å². The highest BCUT2D eigenvalue weighted by Crippen LogP contribution is 2.49. The Morgan fingerprint density at radius 2 is 1.94 bits per heavy atom. The van der Waals surface area contributed by atoms with Gasteiger partial charge in [-0.1, -0.05) is 0 Å². The number of β-amino-alcohol motifs (C(OH)–C–C–N with tert-alkyl or cyclic N) is 1. The molecule has 3 saturated heterocycles. The summed E-state index contributed by atoms with van der Waals surface area (Å²) in [7, 11) is 0. The average molecular weight is 240 g/mol. The number of aliphatic hydroxyl groups is 1. The minimum Gasteiger partial charge on any atom is -0.465 e. The van der Waals surface area contributed by atoms with E-state index in [2.05, 4.69) is 5.32 Å². The summed E-state index contributed by atoms with van der Waals surface area (Å²) >= 11 is 0. The highest BCUT2D eigenvalue weighted by atomic mass is 16.4. The molecule has 2 amide bonds. The van der Waals surface area contributed by atoms with Crippen LogP contribution in [0, 0.1) is 5.41 Å². The molecule has 94 valence electrons. The second kappa shape index (κ2) is 3.35. The van der Waals surface area contributed by atoms with E-state index in [1.165, 1.54) is 4.90 Å². The number of amides is 2. The molecule has 2 bridgehead atoms. The molecular weight excluding hydrogens is 224 g/mol. The molecule has 0 aliphatic carbocycles. The van der Waals surface area contributed by atoms with Crippen LogP contribution in [0.5, 0.6) is 0 Å². The van der Waals surface area contributed by atoms with Crippen LogP contribution in [0.3, 0.4) is 0 Å². The molecule has 1 spiro atoms. The molecule has 0 aromatic carbocycles. The Morgan fingerprint density at radius 3 is 2.35 bits per heavy atom. The van der Waals surface area contributed by atoms with Crippen molar-refractivity contribution in [2.24, 2.45) is 5.41 Å². The molecule has 3 aliphatic heterocycles. The third kappa shape index (κ3) is 1.30. The van der Waals surface area contributed by atoms with Crippen molar-refractivity contribution in [2.75, 3.05) is 6.54 Å². The van der Waals surface area contributed by atoms with Crippen LogP contribution < -0.4 is 5.32 Å². The third-order valence-corrected chi connectivity index (χ3v) is 4.59. The Hall–Kier alpha value is -1.30. The summed E-state index contributed by atoms with van der Waals surface area (Å²) in [6.45, 7) is 0.297. The van der Waals surface area contributed by atoms with Gasteiger partial charge < -0.3 is 20.4 Å². The Balaban J connectivity index is 1.91. The fourth-order valence-electron chi connectivity index (χ4n) is 3.77. The summed E-state index contributed by atoms with van der Waals surface area (Å²) < 4.78 is 0. The summed E-state index contributed by atoms with van der Waals surface area (Å²) in [4.78, 5) is 24.5. The van der Waals surface area contributed by atoms with Crippen LogP contribution in [-0.2, 0) is 4.79 Å². The Bertz CT molecular complexity index is 370. The molecule has 6 heteroatoms. The van der Waals surface area contributed by atoms with Crippen molar-refractivity contribution < 1.29 is 19.8 Å². The molecule has 3 atom stereocenters. The highest BCUT2D eigenvalue weighted by Gasteiger charge is 2.59. The zero-order chi connectivity index (χ0) is 12.2. The van der Waals surface area contributed by atoms with Gasteiger partial charge in [0.25, 0.3) is 0 Å². The van der Waals surface area contributed by atoms with E-state index < -0.39 is 17.6 Å². The van der Waals surface area contributed by atoms with Gasteiger partial charge in [0.05, 0.1) is 11.5 Å². The minimum atomic E-state index is -0.903. The largest absolute Gasteiger partial charge is 0.465 e. The van der Waals surface area contributed by atoms with E-state index in [0.29, 0.717) is 19.4 Å². The van der Waals surface area contributed by atoms with Crippen molar-refractivity contribution in [1.82, 2.24) is 10.2 Å². The molecule has 6 nitrogen and oxygen atoms in total. The van der Waals surface area contributed by atoms with E-state index in [-0.39, 0.29) is 18.0 Å². The predicted octanol–water partition coefficient (Wildman–Crippen LogP) is -0.232. The first-order valence-corrected chi connectivity index (χ1v) is 6.02. The fraction of sp³-hybridized carbons (Fsp3) is 0.818. The van der Waals surface area contributed by atoms with Crippen LogP contribution in [0.25, 0.3) is 0 Å². The van der Waals surface area contributed by atoms with Crippen LogP contribution in [0.1, 0.15) is 25.7 Å². The molecule has 0 saturated carbocycles. The number of piperidine rings is 1. The molecule has 17 heavy (non-hydrogen) atoms. The SMILES string of the molecule is O=C(O)N1C2CCC1CC1(C2)C(=O)NCC1O. The normalized spacial score (nSPS) is 44.2. The molecule has 0 aromatic heterocycles. The van der Waals surface area contributed by atoms with Gasteiger partial charge in [0.1, 0.15) is 0 Å². The van der Waals surface area contributed by atoms with E-state index in [4.69, 9.17) is 5.11 Å². The number of hydrogen-bond donors (Lipinski definition) is 3. The second-order valence-electron chi connectivity index (χ2n) is 5.37. The number of nitrogens with zero attached hydrogens (tertiary/aromatic N) is 1. The van der Waals surface area contributed by atoms with Crippen molar-refractivity contribution in [2.45, 2.75) is 43.9 Å². The molecule has 3 fully saturated rings. The summed E-state index contributed by atoms with van der Waals surface area (Å²) in [5.74, 6) is -0.105. The van der Waals surface area contributed by atoms with E-state index in [1.54, 1.807) is 0 Å². The molecular formula is C11H16N2O4. The zero-order valence-corrected chi connectivity index (χ0v) is 9.43. The summed E-state index contributed by atoms with van der Waals surface area (Å²) in [6, 6.07) is -0.213. The van der Waals surface area contributed by atoms with Gasteiger partial charge in [-0.15, -0.1) is 0 Å². The fourth-order valence-corrected chi connectivity index (χ4v) is 3.77. The van der Waals surface area contributed by atoms with Gasteiger partial charge in [-0.25, -0.2) is 4.79 Å². The van der Waals surface area contributed by atoms with E-state index in [9.17, 15) is 14.7 Å². The topological polar surface area (TPSA) is 89.9 Å². The van der Waals surface area contributed by atoms with Crippen LogP contribution >= 0.6 is 0 Å². The summed E-state index contributed by atoms with van der Waals surface area (Å²) in [5, 5.41) is 21.8. The number of nitrogens with one attached hydrogen (secondary N) is 1. The van der Waals surface area contributed by atoms with Gasteiger partial charge in [0.2, 0.25) is 5.91 Å².